The van der Waals surface area contributed by atoms with Gasteiger partial charge in [-0.25, -0.2) is 21.5 Å². The lowest BCUT2D eigenvalue weighted by molar-refractivity contribution is -0.384. The van der Waals surface area contributed by atoms with Gasteiger partial charge in [-0.15, -0.1) is 0 Å². The Kier molecular flexibility index (Phi) is 11.5. The van der Waals surface area contributed by atoms with E-state index in [1.807, 2.05) is 0 Å². The maximum Gasteiger partial charge on any atom is 0.422 e. The van der Waals surface area contributed by atoms with Gasteiger partial charge in [-0.2, -0.15) is 23.1 Å². The molecule has 1 aromatic heterocycles. The van der Waals surface area contributed by atoms with Crippen LogP contribution in [0, 0.1) is 28.7 Å². The number of piperidine rings is 1. The van der Waals surface area contributed by atoms with E-state index in [4.69, 9.17) is 14.2 Å². The Hall–Kier alpha value is -5.73. The molecule has 0 radical (unpaired) electrons. The molecule has 20 heteroatoms. The third-order valence-electron chi connectivity index (χ3n) is 9.52. The number of β-amino-alcohol motifs (C(OH)–C–C–N with tert-alkyl or cyclic N) is 1. The molecule has 4 aromatic carbocycles. The van der Waals surface area contributed by atoms with Gasteiger partial charge in [-0.1, -0.05) is 23.8 Å². The van der Waals surface area contributed by atoms with Crippen LogP contribution in [0.3, 0.4) is 0 Å². The fraction of sp³-hybridized carbons (Fsp3) is 0.342. The Morgan fingerprint density at radius 3 is 2.43 bits per heavy atom. The van der Waals surface area contributed by atoms with Crippen LogP contribution in [0.1, 0.15) is 30.9 Å². The number of nitro groups is 1. The highest BCUT2D eigenvalue weighted by atomic mass is 32.2. The second kappa shape index (κ2) is 15.9. The quantitative estimate of drug-likeness (QED) is 0.0618. The second-order valence-corrected chi connectivity index (χ2v) is 16.0. The minimum absolute atomic E-state index is 0.0609. The van der Waals surface area contributed by atoms with Crippen molar-refractivity contribution < 1.29 is 59.4 Å². The number of likely N-dealkylation sites (N-methyl/N-ethyl adjacent to an activating group) is 1. The minimum Gasteiger partial charge on any atom is -0.468 e. The second-order valence-electron chi connectivity index (χ2n) is 14.0. The van der Waals surface area contributed by atoms with Gasteiger partial charge in [0.25, 0.3) is 15.7 Å². The molecule has 58 heavy (non-hydrogen) atoms. The first-order chi connectivity index (χ1) is 27.2. The largest absolute Gasteiger partial charge is 0.468 e. The van der Waals surface area contributed by atoms with Crippen molar-refractivity contribution in [3.05, 3.63) is 87.5 Å². The molecule has 0 unspecified atom stereocenters. The number of aliphatic hydroxyl groups is 1. The van der Waals surface area contributed by atoms with E-state index < -0.39 is 91.2 Å². The molecule has 1 amide bonds. The topological polar surface area (TPSA) is 175 Å². The van der Waals surface area contributed by atoms with Crippen molar-refractivity contribution in [2.75, 3.05) is 45.5 Å². The SMILES string of the molecule is COCOc1cc(-c2c([N+](=O)[O-])cc3c(N4CCC[C@@](C)(O)C4)nc(OCC(F)(F)F)nc3c2F)c2c(CC(=O)N(C)S(=O)(=O)c3ccc(C)cc3)c(F)ccc2c1. The van der Waals surface area contributed by atoms with Crippen LogP contribution in [-0.4, -0.2) is 91.1 Å². The van der Waals surface area contributed by atoms with Crippen LogP contribution < -0.4 is 14.4 Å². The number of rotatable bonds is 12. The van der Waals surface area contributed by atoms with Gasteiger partial charge < -0.3 is 24.2 Å². The first-order valence-electron chi connectivity index (χ1n) is 17.5. The highest BCUT2D eigenvalue weighted by Crippen LogP contribution is 2.45. The molecule has 1 atom stereocenters. The van der Waals surface area contributed by atoms with Crippen molar-refractivity contribution in [2.45, 2.75) is 49.8 Å². The summed E-state index contributed by atoms with van der Waals surface area (Å²) in [6.07, 6.45) is -5.09. The van der Waals surface area contributed by atoms with Gasteiger partial charge in [0.05, 0.1) is 32.8 Å². The molecule has 1 fully saturated rings. The summed E-state index contributed by atoms with van der Waals surface area (Å²) in [7, 11) is -2.17. The molecule has 1 aliphatic heterocycles. The summed E-state index contributed by atoms with van der Waals surface area (Å²) in [5, 5.41) is 23.2. The van der Waals surface area contributed by atoms with Crippen LogP contribution >= 0.6 is 0 Å². The van der Waals surface area contributed by atoms with Crippen LogP contribution in [0.4, 0.5) is 33.5 Å². The summed E-state index contributed by atoms with van der Waals surface area (Å²) in [6.45, 7) is 1.04. The molecule has 5 aromatic rings. The molecule has 1 N–H and O–H groups in total. The zero-order valence-electron chi connectivity index (χ0n) is 31.4. The van der Waals surface area contributed by atoms with Crippen molar-refractivity contribution in [3.8, 4) is 22.9 Å². The summed E-state index contributed by atoms with van der Waals surface area (Å²) in [5.41, 5.74) is -3.93. The molecule has 1 saturated heterocycles. The third kappa shape index (κ3) is 8.58. The van der Waals surface area contributed by atoms with Crippen LogP contribution in [0.25, 0.3) is 32.8 Å². The summed E-state index contributed by atoms with van der Waals surface area (Å²) in [6, 6.07) is 10.3. The van der Waals surface area contributed by atoms with Crippen molar-refractivity contribution in [1.29, 1.82) is 0 Å². The average Bonchev–Trinajstić information content (AvgIpc) is 3.15. The van der Waals surface area contributed by atoms with Crippen LogP contribution in [0.2, 0.25) is 0 Å². The fourth-order valence-corrected chi connectivity index (χ4v) is 7.89. The first-order valence-corrected chi connectivity index (χ1v) is 19.0. The van der Waals surface area contributed by atoms with Crippen molar-refractivity contribution in [2.24, 2.45) is 0 Å². The normalized spacial score (nSPS) is 16.1. The lowest BCUT2D eigenvalue weighted by atomic mass is 9.90. The Labute approximate surface area is 328 Å². The molecule has 308 valence electrons. The number of carbonyl (C=O) groups is 1. The number of ether oxygens (including phenoxy) is 3. The summed E-state index contributed by atoms with van der Waals surface area (Å²) < 4.78 is 116. The predicted octanol–water partition coefficient (Wildman–Crippen LogP) is 6.61. The van der Waals surface area contributed by atoms with Crippen molar-refractivity contribution >= 4 is 49.1 Å². The zero-order valence-corrected chi connectivity index (χ0v) is 32.2. The molecular formula is C38H36F5N5O9S. The van der Waals surface area contributed by atoms with E-state index in [0.717, 1.165) is 30.8 Å². The molecule has 14 nitrogen and oxygen atoms in total. The maximum absolute atomic E-state index is 17.4. The maximum atomic E-state index is 17.4. The summed E-state index contributed by atoms with van der Waals surface area (Å²) in [4.78, 5) is 34.8. The number of carbonyl (C=O) groups excluding carboxylic acids is 1. The number of methoxy groups -OCH3 is 1. The van der Waals surface area contributed by atoms with Crippen LogP contribution in [0.5, 0.6) is 11.8 Å². The molecular weight excluding hydrogens is 798 g/mol. The van der Waals surface area contributed by atoms with E-state index in [9.17, 15) is 41.6 Å². The number of aryl methyl sites for hydroxylation is 1. The average molecular weight is 834 g/mol. The van der Waals surface area contributed by atoms with Gasteiger partial charge in [0, 0.05) is 44.4 Å². The molecule has 1 aliphatic rings. The molecule has 0 saturated carbocycles. The van der Waals surface area contributed by atoms with E-state index in [0.29, 0.717) is 17.1 Å². The fourth-order valence-electron chi connectivity index (χ4n) is 6.76. The number of aromatic nitrogens is 2. The number of halogens is 5. The smallest absolute Gasteiger partial charge is 0.422 e. The van der Waals surface area contributed by atoms with Gasteiger partial charge in [0.1, 0.15) is 22.9 Å². The standard InChI is InChI=1S/C38H36F5N5O9S/c1-21-6-9-24(10-7-21)58(53,54)46(3)30(49)17-25-28(39)11-8-22-14-23(57-20-55-4)15-26(31(22)25)32-29(48(51)52)16-27-34(33(32)40)44-36(56-19-38(41,42)43)45-35(27)47-13-5-12-37(2,50)18-47/h6-11,14-16,50H,5,12-13,17-20H2,1-4H3/t37-/m1/s1. The van der Waals surface area contributed by atoms with E-state index in [2.05, 4.69) is 9.97 Å². The van der Waals surface area contributed by atoms with Crippen molar-refractivity contribution in [3.63, 3.8) is 0 Å². The van der Waals surface area contributed by atoms with Crippen LogP contribution in [0.15, 0.2) is 59.5 Å². The Bertz CT molecular complexity index is 2540. The van der Waals surface area contributed by atoms with Gasteiger partial charge in [-0.3, -0.25) is 14.9 Å². The van der Waals surface area contributed by atoms with E-state index in [-0.39, 0.29) is 52.5 Å². The Morgan fingerprint density at radius 1 is 1.09 bits per heavy atom. The number of amides is 1. The molecule has 0 aliphatic carbocycles. The van der Waals surface area contributed by atoms with E-state index >= 15 is 8.78 Å². The molecule has 0 bridgehead atoms. The number of anilines is 1. The summed E-state index contributed by atoms with van der Waals surface area (Å²) in [5.74, 6) is -3.95. The lowest BCUT2D eigenvalue weighted by Gasteiger charge is -2.38. The van der Waals surface area contributed by atoms with Gasteiger partial charge in [-0.05, 0) is 67.8 Å². The Morgan fingerprint density at radius 2 is 1.79 bits per heavy atom. The molecule has 0 spiro atoms. The third-order valence-corrected chi connectivity index (χ3v) is 11.3. The number of nitro benzene ring substituents is 1. The molecule has 6 rings (SSSR count). The zero-order chi connectivity index (χ0) is 42.3. The number of hydrogen-bond acceptors (Lipinski definition) is 12. The Balaban J connectivity index is 1.61. The van der Waals surface area contributed by atoms with Crippen molar-refractivity contribution in [1.82, 2.24) is 14.3 Å². The lowest BCUT2D eigenvalue weighted by Crippen LogP contribution is -2.46. The number of sulfonamides is 1. The number of hydrogen-bond donors (Lipinski definition) is 1. The molecule has 2 heterocycles. The number of fused-ring (bicyclic) bond motifs is 2. The van der Waals surface area contributed by atoms with Gasteiger partial charge >= 0.3 is 12.2 Å². The van der Waals surface area contributed by atoms with Crippen LogP contribution in [-0.2, 0) is 26.0 Å². The first kappa shape index (κ1) is 41.9. The predicted molar refractivity (Wildman–Crippen MR) is 200 cm³/mol. The van der Waals surface area contributed by atoms with Gasteiger partial charge in [0.2, 0.25) is 5.91 Å². The van der Waals surface area contributed by atoms with E-state index in [1.54, 1.807) is 6.92 Å². The number of benzene rings is 4. The highest BCUT2D eigenvalue weighted by Gasteiger charge is 2.36. The summed E-state index contributed by atoms with van der Waals surface area (Å²) >= 11 is 0. The van der Waals surface area contributed by atoms with E-state index in [1.165, 1.54) is 55.3 Å². The number of nitrogens with zero attached hydrogens (tertiary/aromatic N) is 5. The highest BCUT2D eigenvalue weighted by molar-refractivity contribution is 7.89. The minimum atomic E-state index is -4.86. The number of alkyl halides is 3. The monoisotopic (exact) mass is 833 g/mol. The van der Waals surface area contributed by atoms with Gasteiger partial charge in [0.15, 0.2) is 19.2 Å².